The number of nitrogens with zero attached hydrogens (tertiary/aromatic N) is 2. The minimum absolute atomic E-state index is 0.250. The summed E-state index contributed by atoms with van der Waals surface area (Å²) in [4.78, 5) is 0. The summed E-state index contributed by atoms with van der Waals surface area (Å²) in [6, 6.07) is 7.87. The van der Waals surface area contributed by atoms with Crippen molar-refractivity contribution in [1.29, 1.82) is 0 Å². The standard InChI is InChI=1S/C12H14FN3/c1-2-16-11(7-8-15-16)12(14)9-3-5-10(13)6-4-9/h3-8,12H,2,14H2,1H3. The molecule has 3 nitrogen and oxygen atoms in total. The van der Waals surface area contributed by atoms with Gasteiger partial charge < -0.3 is 5.73 Å². The Morgan fingerprint density at radius 1 is 1.31 bits per heavy atom. The highest BCUT2D eigenvalue weighted by molar-refractivity contribution is 5.27. The number of nitrogens with two attached hydrogens (primary N) is 1. The SMILES string of the molecule is CCn1nccc1C(N)c1ccc(F)cc1. The van der Waals surface area contributed by atoms with E-state index in [1.165, 1.54) is 12.1 Å². The maximum absolute atomic E-state index is 12.8. The van der Waals surface area contributed by atoms with Crippen LogP contribution in [0.1, 0.15) is 24.2 Å². The number of benzene rings is 1. The fourth-order valence-electron chi connectivity index (χ4n) is 1.71. The Bertz CT molecular complexity index is 461. The summed E-state index contributed by atoms with van der Waals surface area (Å²) in [6.45, 7) is 2.78. The summed E-state index contributed by atoms with van der Waals surface area (Å²) in [6.07, 6.45) is 1.72. The molecular formula is C12H14FN3. The average molecular weight is 219 g/mol. The van der Waals surface area contributed by atoms with Crippen LogP contribution >= 0.6 is 0 Å². The first-order valence-corrected chi connectivity index (χ1v) is 5.25. The molecule has 1 unspecified atom stereocenters. The molecule has 2 N–H and O–H groups in total. The van der Waals surface area contributed by atoms with Gasteiger partial charge in [-0.05, 0) is 30.7 Å². The van der Waals surface area contributed by atoms with Crippen LogP contribution in [-0.2, 0) is 6.54 Å². The van der Waals surface area contributed by atoms with Crippen LogP contribution in [0.25, 0.3) is 0 Å². The van der Waals surface area contributed by atoms with Crippen LogP contribution in [0.15, 0.2) is 36.5 Å². The maximum atomic E-state index is 12.8. The molecule has 0 spiro atoms. The van der Waals surface area contributed by atoms with Crippen molar-refractivity contribution in [3.63, 3.8) is 0 Å². The van der Waals surface area contributed by atoms with Gasteiger partial charge in [0.1, 0.15) is 5.82 Å². The summed E-state index contributed by atoms with van der Waals surface area (Å²) in [5, 5.41) is 4.16. The van der Waals surface area contributed by atoms with E-state index in [0.717, 1.165) is 17.8 Å². The van der Waals surface area contributed by atoms with Crippen LogP contribution < -0.4 is 5.73 Å². The molecule has 0 saturated carbocycles. The largest absolute Gasteiger partial charge is 0.319 e. The number of aromatic nitrogens is 2. The van der Waals surface area contributed by atoms with Crippen molar-refractivity contribution in [3.8, 4) is 0 Å². The maximum Gasteiger partial charge on any atom is 0.123 e. The fourth-order valence-corrected chi connectivity index (χ4v) is 1.71. The van der Waals surface area contributed by atoms with E-state index in [1.54, 1.807) is 18.3 Å². The van der Waals surface area contributed by atoms with Crippen LogP contribution in [0, 0.1) is 5.82 Å². The molecule has 0 aliphatic carbocycles. The summed E-state index contributed by atoms with van der Waals surface area (Å²) in [7, 11) is 0. The van der Waals surface area contributed by atoms with E-state index >= 15 is 0 Å². The van der Waals surface area contributed by atoms with Crippen molar-refractivity contribution < 1.29 is 4.39 Å². The third kappa shape index (κ3) is 1.97. The Balaban J connectivity index is 2.31. The highest BCUT2D eigenvalue weighted by atomic mass is 19.1. The van der Waals surface area contributed by atoms with Crippen LogP contribution in [-0.4, -0.2) is 9.78 Å². The van der Waals surface area contributed by atoms with Crippen molar-refractivity contribution in [2.24, 2.45) is 5.73 Å². The number of rotatable bonds is 3. The third-order valence-electron chi connectivity index (χ3n) is 2.60. The predicted octanol–water partition coefficient (Wildman–Crippen LogP) is 2.09. The Morgan fingerprint density at radius 3 is 2.62 bits per heavy atom. The Kier molecular flexibility index (Phi) is 3.01. The molecule has 2 aromatic rings. The van der Waals surface area contributed by atoms with E-state index in [-0.39, 0.29) is 11.9 Å². The molecule has 2 rings (SSSR count). The smallest absolute Gasteiger partial charge is 0.123 e. The number of hydrogen-bond acceptors (Lipinski definition) is 2. The van der Waals surface area contributed by atoms with Gasteiger partial charge >= 0.3 is 0 Å². The van der Waals surface area contributed by atoms with E-state index in [4.69, 9.17) is 5.73 Å². The quantitative estimate of drug-likeness (QED) is 0.859. The fraction of sp³-hybridized carbons (Fsp3) is 0.250. The second-order valence-electron chi connectivity index (χ2n) is 3.60. The zero-order chi connectivity index (χ0) is 11.5. The minimum Gasteiger partial charge on any atom is -0.319 e. The van der Waals surface area contributed by atoms with Crippen LogP contribution in [0.5, 0.6) is 0 Å². The molecule has 16 heavy (non-hydrogen) atoms. The van der Waals surface area contributed by atoms with Crippen molar-refractivity contribution in [2.45, 2.75) is 19.5 Å². The first-order valence-electron chi connectivity index (χ1n) is 5.25. The monoisotopic (exact) mass is 219 g/mol. The average Bonchev–Trinajstić information content (AvgIpc) is 2.77. The molecule has 4 heteroatoms. The lowest BCUT2D eigenvalue weighted by atomic mass is 10.0. The molecule has 0 bridgehead atoms. The molecule has 1 aromatic heterocycles. The first-order chi connectivity index (χ1) is 7.72. The van der Waals surface area contributed by atoms with Gasteiger partial charge in [0.2, 0.25) is 0 Å². The Hall–Kier alpha value is -1.68. The van der Waals surface area contributed by atoms with Crippen LogP contribution in [0.4, 0.5) is 4.39 Å². The van der Waals surface area contributed by atoms with Gasteiger partial charge in [0, 0.05) is 12.7 Å². The molecule has 1 aromatic carbocycles. The molecule has 84 valence electrons. The van der Waals surface area contributed by atoms with Gasteiger partial charge in [0.15, 0.2) is 0 Å². The van der Waals surface area contributed by atoms with Crippen LogP contribution in [0.2, 0.25) is 0 Å². The number of hydrogen-bond donors (Lipinski definition) is 1. The lowest BCUT2D eigenvalue weighted by molar-refractivity contribution is 0.598. The van der Waals surface area contributed by atoms with Gasteiger partial charge in [0.05, 0.1) is 11.7 Å². The topological polar surface area (TPSA) is 43.8 Å². The van der Waals surface area contributed by atoms with Gasteiger partial charge in [-0.3, -0.25) is 4.68 Å². The number of aryl methyl sites for hydroxylation is 1. The van der Waals surface area contributed by atoms with E-state index in [2.05, 4.69) is 5.10 Å². The van der Waals surface area contributed by atoms with Crippen molar-refractivity contribution in [1.82, 2.24) is 9.78 Å². The molecule has 0 fully saturated rings. The molecule has 1 heterocycles. The lowest BCUT2D eigenvalue weighted by Gasteiger charge is -2.13. The van der Waals surface area contributed by atoms with Crippen LogP contribution in [0.3, 0.4) is 0 Å². The lowest BCUT2D eigenvalue weighted by Crippen LogP contribution is -2.17. The van der Waals surface area contributed by atoms with Gasteiger partial charge in [-0.15, -0.1) is 0 Å². The zero-order valence-electron chi connectivity index (χ0n) is 9.10. The molecule has 0 aliphatic heterocycles. The molecule has 0 aliphatic rings. The van der Waals surface area contributed by atoms with E-state index in [0.29, 0.717) is 0 Å². The third-order valence-corrected chi connectivity index (χ3v) is 2.60. The van der Waals surface area contributed by atoms with Gasteiger partial charge in [-0.2, -0.15) is 5.10 Å². The second-order valence-corrected chi connectivity index (χ2v) is 3.60. The van der Waals surface area contributed by atoms with Crippen molar-refractivity contribution in [3.05, 3.63) is 53.6 Å². The highest BCUT2D eigenvalue weighted by Crippen LogP contribution is 2.19. The molecular weight excluding hydrogens is 205 g/mol. The normalized spacial score (nSPS) is 12.7. The Morgan fingerprint density at radius 2 is 2.00 bits per heavy atom. The van der Waals surface area contributed by atoms with Crippen molar-refractivity contribution >= 4 is 0 Å². The predicted molar refractivity (Wildman–Crippen MR) is 60.3 cm³/mol. The first kappa shape index (κ1) is 10.8. The van der Waals surface area contributed by atoms with Gasteiger partial charge in [-0.1, -0.05) is 12.1 Å². The molecule has 0 amide bonds. The van der Waals surface area contributed by atoms with E-state index in [9.17, 15) is 4.39 Å². The summed E-state index contributed by atoms with van der Waals surface area (Å²) in [5.74, 6) is -0.250. The van der Waals surface area contributed by atoms with E-state index < -0.39 is 0 Å². The van der Waals surface area contributed by atoms with E-state index in [1.807, 2.05) is 17.7 Å². The molecule has 0 radical (unpaired) electrons. The molecule has 0 saturated heterocycles. The van der Waals surface area contributed by atoms with Gasteiger partial charge in [0.25, 0.3) is 0 Å². The van der Waals surface area contributed by atoms with Gasteiger partial charge in [-0.25, -0.2) is 4.39 Å². The number of halogens is 1. The zero-order valence-corrected chi connectivity index (χ0v) is 9.10. The summed E-state index contributed by atoms with van der Waals surface area (Å²) in [5.41, 5.74) is 7.93. The van der Waals surface area contributed by atoms with Crippen molar-refractivity contribution in [2.75, 3.05) is 0 Å². The molecule has 1 atom stereocenters. The Labute approximate surface area is 93.7 Å². The summed E-state index contributed by atoms with van der Waals surface area (Å²) >= 11 is 0. The highest BCUT2D eigenvalue weighted by Gasteiger charge is 2.12. The minimum atomic E-state index is -0.261. The summed E-state index contributed by atoms with van der Waals surface area (Å²) < 4.78 is 14.6. The second kappa shape index (κ2) is 4.45.